The van der Waals surface area contributed by atoms with Crippen molar-refractivity contribution in [1.29, 1.82) is 0 Å². The lowest BCUT2D eigenvalue weighted by Gasteiger charge is -2.07. The van der Waals surface area contributed by atoms with E-state index in [0.717, 1.165) is 10.4 Å². The maximum Gasteiger partial charge on any atom is 0.315 e. The summed E-state index contributed by atoms with van der Waals surface area (Å²) in [5.41, 5.74) is 6.46. The lowest BCUT2D eigenvalue weighted by Crippen LogP contribution is -2.34. The van der Waals surface area contributed by atoms with Gasteiger partial charge in [-0.3, -0.25) is 4.79 Å². The second kappa shape index (κ2) is 6.72. The van der Waals surface area contributed by atoms with Crippen molar-refractivity contribution in [2.24, 2.45) is 5.73 Å². The van der Waals surface area contributed by atoms with Crippen LogP contribution in [0.4, 0.5) is 4.79 Å². The molecule has 1 aromatic heterocycles. The molecule has 0 atom stereocenters. The van der Waals surface area contributed by atoms with Gasteiger partial charge in [0.2, 0.25) is 5.91 Å². The summed E-state index contributed by atoms with van der Waals surface area (Å²) in [5, 5.41) is 7.45. The van der Waals surface area contributed by atoms with Gasteiger partial charge in [0.25, 0.3) is 0 Å². The molecule has 3 amide bonds. The van der Waals surface area contributed by atoms with Crippen LogP contribution in [0.2, 0.25) is 0 Å². The fourth-order valence-corrected chi connectivity index (χ4v) is 2.30. The Morgan fingerprint density at radius 1 is 1.10 bits per heavy atom. The average Bonchev–Trinajstić information content (AvgIpc) is 2.96. The van der Waals surface area contributed by atoms with Gasteiger partial charge in [0.15, 0.2) is 0 Å². The number of nitrogens with two attached hydrogens (primary N) is 1. The summed E-state index contributed by atoms with van der Waals surface area (Å²) in [4.78, 5) is 23.8. The predicted molar refractivity (Wildman–Crippen MR) is 78.4 cm³/mol. The number of carbonyl (C=O) groups is 2. The maximum atomic E-state index is 11.6. The van der Waals surface area contributed by atoms with Crippen molar-refractivity contribution in [3.8, 4) is 0 Å². The quantitative estimate of drug-likeness (QED) is 0.784. The van der Waals surface area contributed by atoms with Gasteiger partial charge < -0.3 is 16.4 Å². The van der Waals surface area contributed by atoms with Crippen molar-refractivity contribution in [1.82, 2.24) is 10.6 Å². The molecule has 0 radical (unpaired) electrons. The Labute approximate surface area is 120 Å². The number of urea groups is 1. The number of primary amides is 1. The van der Waals surface area contributed by atoms with Crippen LogP contribution >= 0.6 is 11.3 Å². The molecule has 2 rings (SSSR count). The highest BCUT2D eigenvalue weighted by Crippen LogP contribution is 2.07. The molecule has 2 aromatic rings. The summed E-state index contributed by atoms with van der Waals surface area (Å²) >= 11 is 1.59. The van der Waals surface area contributed by atoms with Crippen LogP contribution in [-0.4, -0.2) is 11.9 Å². The van der Waals surface area contributed by atoms with E-state index >= 15 is 0 Å². The molecule has 0 aliphatic carbocycles. The number of hydrogen-bond acceptors (Lipinski definition) is 3. The van der Waals surface area contributed by atoms with E-state index in [1.165, 1.54) is 0 Å². The SMILES string of the molecule is NC(=O)c1cccc(CNC(=O)NCc2cccs2)c1. The number of carbonyl (C=O) groups excluding carboxylic acids is 2. The topological polar surface area (TPSA) is 84.2 Å². The molecule has 0 spiro atoms. The minimum atomic E-state index is -0.478. The van der Waals surface area contributed by atoms with Crippen molar-refractivity contribution in [2.75, 3.05) is 0 Å². The zero-order valence-corrected chi connectivity index (χ0v) is 11.6. The molecule has 0 bridgehead atoms. The average molecular weight is 289 g/mol. The molecule has 0 saturated carbocycles. The first-order valence-electron chi connectivity index (χ1n) is 6.08. The molecule has 0 unspecified atom stereocenters. The van der Waals surface area contributed by atoms with Crippen molar-refractivity contribution >= 4 is 23.3 Å². The zero-order chi connectivity index (χ0) is 14.4. The minimum absolute atomic E-state index is 0.247. The van der Waals surface area contributed by atoms with Gasteiger partial charge in [-0.15, -0.1) is 11.3 Å². The first-order valence-corrected chi connectivity index (χ1v) is 6.96. The van der Waals surface area contributed by atoms with Crippen LogP contribution < -0.4 is 16.4 Å². The highest BCUT2D eigenvalue weighted by atomic mass is 32.1. The molecule has 0 aliphatic heterocycles. The molecule has 4 N–H and O–H groups in total. The molecule has 5 nitrogen and oxygen atoms in total. The molecular formula is C14H15N3O2S. The Balaban J connectivity index is 1.81. The number of nitrogens with one attached hydrogen (secondary N) is 2. The van der Waals surface area contributed by atoms with Gasteiger partial charge in [-0.25, -0.2) is 4.79 Å². The van der Waals surface area contributed by atoms with E-state index in [1.54, 1.807) is 29.5 Å². The van der Waals surface area contributed by atoms with Gasteiger partial charge in [0.1, 0.15) is 0 Å². The van der Waals surface area contributed by atoms with E-state index < -0.39 is 5.91 Å². The van der Waals surface area contributed by atoms with Crippen LogP contribution in [0.3, 0.4) is 0 Å². The van der Waals surface area contributed by atoms with Crippen molar-refractivity contribution in [3.05, 3.63) is 57.8 Å². The van der Waals surface area contributed by atoms with Crippen LogP contribution in [0.25, 0.3) is 0 Å². The standard InChI is InChI=1S/C14H15N3O2S/c15-13(18)11-4-1-3-10(7-11)8-16-14(19)17-9-12-5-2-6-20-12/h1-7H,8-9H2,(H2,15,18)(H2,16,17,19). The number of hydrogen-bond donors (Lipinski definition) is 3. The molecule has 104 valence electrons. The summed E-state index contributed by atoms with van der Waals surface area (Å²) in [6.45, 7) is 0.849. The molecule has 0 aliphatic rings. The summed E-state index contributed by atoms with van der Waals surface area (Å²) < 4.78 is 0. The Morgan fingerprint density at radius 2 is 1.90 bits per heavy atom. The zero-order valence-electron chi connectivity index (χ0n) is 10.8. The lowest BCUT2D eigenvalue weighted by atomic mass is 10.1. The second-order valence-corrected chi connectivity index (χ2v) is 5.21. The first kappa shape index (κ1) is 14.1. The largest absolute Gasteiger partial charge is 0.366 e. The van der Waals surface area contributed by atoms with Gasteiger partial charge in [-0.05, 0) is 29.1 Å². The van der Waals surface area contributed by atoms with E-state index in [0.29, 0.717) is 18.7 Å². The fraction of sp³-hybridized carbons (Fsp3) is 0.143. The monoisotopic (exact) mass is 289 g/mol. The minimum Gasteiger partial charge on any atom is -0.366 e. The Bertz CT molecular complexity index is 596. The number of amides is 3. The van der Waals surface area contributed by atoms with Gasteiger partial charge in [0, 0.05) is 17.0 Å². The molecular weight excluding hydrogens is 274 g/mol. The highest BCUT2D eigenvalue weighted by Gasteiger charge is 2.04. The third-order valence-electron chi connectivity index (χ3n) is 2.67. The van der Waals surface area contributed by atoms with Gasteiger partial charge in [0.05, 0.1) is 6.54 Å². The van der Waals surface area contributed by atoms with Crippen molar-refractivity contribution in [2.45, 2.75) is 13.1 Å². The van der Waals surface area contributed by atoms with E-state index in [4.69, 9.17) is 5.73 Å². The van der Waals surface area contributed by atoms with E-state index in [2.05, 4.69) is 10.6 Å². The van der Waals surface area contributed by atoms with Gasteiger partial charge in [-0.2, -0.15) is 0 Å². The van der Waals surface area contributed by atoms with Crippen LogP contribution in [-0.2, 0) is 13.1 Å². The fourth-order valence-electron chi connectivity index (χ4n) is 1.66. The van der Waals surface area contributed by atoms with Crippen molar-refractivity contribution < 1.29 is 9.59 Å². The van der Waals surface area contributed by atoms with E-state index in [-0.39, 0.29) is 6.03 Å². The maximum absolute atomic E-state index is 11.6. The summed E-state index contributed by atoms with van der Waals surface area (Å²) in [6, 6.07) is 10.5. The van der Waals surface area contributed by atoms with Crippen LogP contribution in [0.5, 0.6) is 0 Å². The smallest absolute Gasteiger partial charge is 0.315 e. The van der Waals surface area contributed by atoms with Crippen LogP contribution in [0.15, 0.2) is 41.8 Å². The molecule has 1 aromatic carbocycles. The predicted octanol–water partition coefficient (Wildman–Crippen LogP) is 1.85. The number of benzene rings is 1. The highest BCUT2D eigenvalue weighted by molar-refractivity contribution is 7.09. The third kappa shape index (κ3) is 4.10. The Kier molecular flexibility index (Phi) is 4.73. The van der Waals surface area contributed by atoms with Gasteiger partial charge in [-0.1, -0.05) is 18.2 Å². The van der Waals surface area contributed by atoms with Gasteiger partial charge >= 0.3 is 6.03 Å². The Morgan fingerprint density at radius 3 is 2.60 bits per heavy atom. The van der Waals surface area contributed by atoms with Crippen LogP contribution in [0, 0.1) is 0 Å². The molecule has 20 heavy (non-hydrogen) atoms. The summed E-state index contributed by atoms with van der Waals surface area (Å²) in [5.74, 6) is -0.478. The summed E-state index contributed by atoms with van der Waals surface area (Å²) in [6.07, 6.45) is 0. The third-order valence-corrected chi connectivity index (χ3v) is 3.54. The molecule has 0 saturated heterocycles. The molecule has 6 heteroatoms. The lowest BCUT2D eigenvalue weighted by molar-refractivity contribution is 0.1000. The first-order chi connectivity index (χ1) is 9.65. The molecule has 1 heterocycles. The second-order valence-electron chi connectivity index (χ2n) is 4.18. The number of rotatable bonds is 5. The van der Waals surface area contributed by atoms with E-state index in [9.17, 15) is 9.59 Å². The molecule has 0 fully saturated rings. The van der Waals surface area contributed by atoms with E-state index in [1.807, 2.05) is 23.6 Å². The number of thiophene rings is 1. The van der Waals surface area contributed by atoms with Crippen molar-refractivity contribution in [3.63, 3.8) is 0 Å². The summed E-state index contributed by atoms with van der Waals surface area (Å²) in [7, 11) is 0. The Hall–Kier alpha value is -2.34. The normalized spacial score (nSPS) is 10.0. The van der Waals surface area contributed by atoms with Crippen LogP contribution in [0.1, 0.15) is 20.8 Å².